The summed E-state index contributed by atoms with van der Waals surface area (Å²) in [6.07, 6.45) is -8.53. The van der Waals surface area contributed by atoms with Crippen LogP contribution >= 0.6 is 14.5 Å². The molecule has 0 saturated carbocycles. The number of rotatable bonds is 4. The highest BCUT2D eigenvalue weighted by atomic mass is 32.5. The van der Waals surface area contributed by atoms with E-state index in [1.165, 1.54) is 27.6 Å². The molecule has 3 saturated heterocycles. The molecule has 24 heteroatoms. The molecule has 256 valence electrons. The molecule has 3 aromatic heterocycles. The first kappa shape index (κ1) is 33.8. The number of aromatic nitrogens is 4. The summed E-state index contributed by atoms with van der Waals surface area (Å²) in [5.74, 6) is -0.310. The molecule has 6 rings (SSSR count). The number of nitrogens with two attached hydrogens (primary N) is 2. The monoisotopic (exact) mass is 720 g/mol. The number of phosphoric ester groups is 1. The highest BCUT2D eigenvalue weighted by molar-refractivity contribution is 8.07. The van der Waals surface area contributed by atoms with Crippen molar-refractivity contribution >= 4 is 61.5 Å². The Hall–Kier alpha value is -3.08. The van der Waals surface area contributed by atoms with Gasteiger partial charge in [-0.25, -0.2) is 4.57 Å². The lowest BCUT2D eigenvalue weighted by Gasteiger charge is -2.27. The van der Waals surface area contributed by atoms with E-state index >= 15 is 0 Å². The lowest BCUT2D eigenvalue weighted by Crippen LogP contribution is -2.36. The van der Waals surface area contributed by atoms with Crippen LogP contribution in [0.2, 0.25) is 0 Å². The summed E-state index contributed by atoms with van der Waals surface area (Å²) in [5.41, 5.74) is 11.5. The van der Waals surface area contributed by atoms with Crippen LogP contribution in [0, 0.1) is 6.92 Å². The Morgan fingerprint density at radius 1 is 1.11 bits per heavy atom. The molecule has 0 aliphatic carbocycles. The third kappa shape index (κ3) is 6.65. The molecule has 3 aliphatic rings. The van der Waals surface area contributed by atoms with Gasteiger partial charge in [0.15, 0.2) is 18.1 Å². The standard InChI is InChI=1S/C23H30N8O13P2S/c1-9-2-4-30(17(9)27-22(24)26-8-32)20-14(34)15-12(42-20)7-40-46(38,47)44-16-13(33)11(6-39-45(36,37)43-15)41-21(16)31-5-3-10-18(31)28-23(25)29-19(10)35/h2-5,8,11-16,20-21,33-34H,6-7H2,1H3,(H,36,37)(H,38,47)(H3,24,26,27,32)(H3,25,28,29,35). The number of phosphoric acid groups is 1. The van der Waals surface area contributed by atoms with Gasteiger partial charge in [-0.3, -0.25) is 33.5 Å². The SMILES string of the molecule is Cc1ccn(C2OC3COP(O)(=S)OC4C(O)C(COP(=O)(O)OC3C2O)OC4n2ccc3c(=O)[nH]c(N)nc32)c1N=C(N)NC=O. The van der Waals surface area contributed by atoms with Crippen LogP contribution in [0.4, 0.5) is 11.8 Å². The van der Waals surface area contributed by atoms with Crippen molar-refractivity contribution in [3.63, 3.8) is 0 Å². The van der Waals surface area contributed by atoms with E-state index in [1.807, 2.05) is 0 Å². The number of amides is 1. The van der Waals surface area contributed by atoms with Crippen LogP contribution in [0.25, 0.3) is 11.0 Å². The number of nitrogen functional groups attached to an aromatic ring is 1. The second kappa shape index (κ2) is 12.7. The second-order valence-electron chi connectivity index (χ2n) is 10.7. The molecular weight excluding hydrogens is 690 g/mol. The van der Waals surface area contributed by atoms with Gasteiger partial charge in [-0.1, -0.05) is 0 Å². The predicted molar refractivity (Wildman–Crippen MR) is 162 cm³/mol. The van der Waals surface area contributed by atoms with E-state index in [9.17, 15) is 34.2 Å². The van der Waals surface area contributed by atoms with Crippen molar-refractivity contribution in [3.8, 4) is 0 Å². The number of carbonyl (C=O) groups excluding carboxylic acids is 1. The lowest BCUT2D eigenvalue weighted by atomic mass is 10.1. The molecule has 6 heterocycles. The first-order chi connectivity index (χ1) is 22.2. The number of aromatic amines is 1. The van der Waals surface area contributed by atoms with Crippen LogP contribution < -0.4 is 22.3 Å². The Morgan fingerprint density at radius 3 is 2.55 bits per heavy atom. The van der Waals surface area contributed by atoms with Crippen molar-refractivity contribution in [2.75, 3.05) is 18.9 Å². The fraction of sp³-hybridized carbons (Fsp3) is 0.478. The zero-order valence-electron chi connectivity index (χ0n) is 24.1. The van der Waals surface area contributed by atoms with E-state index in [0.29, 0.717) is 12.0 Å². The highest BCUT2D eigenvalue weighted by Crippen LogP contribution is 2.54. The maximum Gasteiger partial charge on any atom is 0.472 e. The average molecular weight is 721 g/mol. The number of anilines is 1. The van der Waals surface area contributed by atoms with E-state index < -0.39 is 82.4 Å². The van der Waals surface area contributed by atoms with E-state index in [1.54, 1.807) is 13.0 Å². The molecule has 3 fully saturated rings. The quantitative estimate of drug-likeness (QED) is 0.0655. The fourth-order valence-corrected chi connectivity index (χ4v) is 7.85. The molecule has 47 heavy (non-hydrogen) atoms. The Kier molecular flexibility index (Phi) is 9.17. The van der Waals surface area contributed by atoms with Crippen molar-refractivity contribution < 1.29 is 56.9 Å². The summed E-state index contributed by atoms with van der Waals surface area (Å²) < 4.78 is 49.5. The van der Waals surface area contributed by atoms with Crippen molar-refractivity contribution in [1.29, 1.82) is 0 Å². The zero-order chi connectivity index (χ0) is 33.8. The minimum Gasteiger partial charge on any atom is -0.387 e. The van der Waals surface area contributed by atoms with Crippen LogP contribution in [-0.4, -0.2) is 101 Å². The number of carbonyl (C=O) groups is 1. The lowest BCUT2D eigenvalue weighted by molar-refractivity contribution is -0.108. The third-order valence-electron chi connectivity index (χ3n) is 7.60. The molecule has 21 nitrogen and oxygen atoms in total. The van der Waals surface area contributed by atoms with Crippen LogP contribution in [0.1, 0.15) is 18.0 Å². The van der Waals surface area contributed by atoms with Gasteiger partial charge < -0.3 is 54.6 Å². The number of aliphatic imine (C=N–C) groups is 1. The van der Waals surface area contributed by atoms with Gasteiger partial charge >= 0.3 is 14.5 Å². The number of nitrogens with one attached hydrogen (secondary N) is 2. The number of fused-ring (bicyclic) bond motifs is 4. The van der Waals surface area contributed by atoms with Crippen molar-refractivity contribution in [2.45, 2.75) is 56.0 Å². The maximum absolute atomic E-state index is 13.2. The molecule has 0 spiro atoms. The zero-order valence-corrected chi connectivity index (χ0v) is 26.7. The largest absolute Gasteiger partial charge is 0.472 e. The summed E-state index contributed by atoms with van der Waals surface area (Å²) in [6.45, 7) is -4.00. The first-order valence-electron chi connectivity index (χ1n) is 13.7. The second-order valence-corrected chi connectivity index (χ2v) is 14.9. The molecule has 2 bridgehead atoms. The molecule has 3 aromatic rings. The number of nitrogens with zero attached hydrogens (tertiary/aromatic N) is 4. The first-order valence-corrected chi connectivity index (χ1v) is 17.8. The molecule has 0 aromatic carbocycles. The number of aliphatic hydroxyl groups excluding tert-OH is 2. The molecule has 1 amide bonds. The normalized spacial score (nSPS) is 36.7. The number of aliphatic hydroxyl groups is 2. The van der Waals surface area contributed by atoms with Gasteiger partial charge in [0, 0.05) is 12.4 Å². The number of aryl methyl sites for hydroxylation is 1. The number of hydrogen-bond acceptors (Lipinski definition) is 15. The fourth-order valence-electron chi connectivity index (χ4n) is 5.48. The summed E-state index contributed by atoms with van der Waals surface area (Å²) in [7, 11) is -5.03. The van der Waals surface area contributed by atoms with Gasteiger partial charge in [-0.05, 0) is 36.4 Å². The van der Waals surface area contributed by atoms with E-state index in [2.05, 4.69) is 20.3 Å². The Bertz CT molecular complexity index is 1870. The Balaban J connectivity index is 1.31. The Morgan fingerprint density at radius 2 is 1.81 bits per heavy atom. The smallest absolute Gasteiger partial charge is 0.387 e. The summed E-state index contributed by atoms with van der Waals surface area (Å²) in [4.78, 5) is 55.6. The minimum atomic E-state index is -5.03. The van der Waals surface area contributed by atoms with Crippen LogP contribution in [-0.2, 0) is 48.7 Å². The third-order valence-corrected chi connectivity index (χ3v) is 10.1. The molecule has 3 aliphatic heterocycles. The van der Waals surface area contributed by atoms with Crippen molar-refractivity contribution in [2.24, 2.45) is 10.7 Å². The van der Waals surface area contributed by atoms with Gasteiger partial charge in [0.2, 0.25) is 18.3 Å². The number of hydrogen-bond donors (Lipinski definition) is 8. The van der Waals surface area contributed by atoms with Crippen LogP contribution in [0.15, 0.2) is 34.3 Å². The summed E-state index contributed by atoms with van der Waals surface area (Å²) in [5, 5.41) is 24.7. The summed E-state index contributed by atoms with van der Waals surface area (Å²) in [6, 6.07) is 3.02. The van der Waals surface area contributed by atoms with Crippen LogP contribution in [0.3, 0.4) is 0 Å². The van der Waals surface area contributed by atoms with Crippen molar-refractivity contribution in [3.05, 3.63) is 40.4 Å². The van der Waals surface area contributed by atoms with E-state index in [4.69, 9.17) is 50.8 Å². The molecule has 10 N–H and O–H groups in total. The Labute approximate surface area is 268 Å². The van der Waals surface area contributed by atoms with Crippen LogP contribution in [0.5, 0.6) is 0 Å². The van der Waals surface area contributed by atoms with Gasteiger partial charge in [0.1, 0.15) is 42.4 Å². The van der Waals surface area contributed by atoms with Gasteiger partial charge in [-0.2, -0.15) is 9.98 Å². The number of H-pyrrole nitrogens is 1. The minimum absolute atomic E-state index is 0.0398. The van der Waals surface area contributed by atoms with Gasteiger partial charge in [-0.15, -0.1) is 0 Å². The number of guanidine groups is 1. The maximum atomic E-state index is 13.2. The average Bonchev–Trinajstić information content (AvgIpc) is 3.72. The van der Waals surface area contributed by atoms with E-state index in [0.717, 1.165) is 0 Å². The number of ether oxygens (including phenoxy) is 2. The highest BCUT2D eigenvalue weighted by Gasteiger charge is 2.53. The molecule has 10 atom stereocenters. The van der Waals surface area contributed by atoms with Gasteiger partial charge in [0.25, 0.3) is 5.56 Å². The molecular formula is C23H30N8O13P2S. The topological polar surface area (TPSA) is 302 Å². The molecule has 10 unspecified atom stereocenters. The van der Waals surface area contributed by atoms with E-state index in [-0.39, 0.29) is 28.8 Å². The predicted octanol–water partition coefficient (Wildman–Crippen LogP) is -1.54. The molecule has 0 radical (unpaired) electrons. The summed E-state index contributed by atoms with van der Waals surface area (Å²) >= 11 is 5.24. The van der Waals surface area contributed by atoms with Gasteiger partial charge in [0.05, 0.1) is 18.6 Å². The van der Waals surface area contributed by atoms with Crippen molar-refractivity contribution in [1.82, 2.24) is 24.4 Å².